The fraction of sp³-hybridized carbons (Fsp3) is 0.600. The van der Waals surface area contributed by atoms with Crippen molar-refractivity contribution in [1.82, 2.24) is 0 Å². The Hall–Kier alpha value is -0.820. The Labute approximate surface area is 109 Å². The van der Waals surface area contributed by atoms with Gasteiger partial charge < -0.3 is 16.2 Å². The highest BCUT2D eigenvalue weighted by atomic mass is 32.2. The summed E-state index contributed by atoms with van der Waals surface area (Å²) in [6.45, 7) is 2.05. The number of hydrogen-bond acceptors (Lipinski definition) is 5. The van der Waals surface area contributed by atoms with E-state index in [1.807, 2.05) is 17.7 Å². The van der Waals surface area contributed by atoms with Crippen LogP contribution in [0.1, 0.15) is 26.2 Å². The number of ether oxygens (including phenoxy) is 1. The number of nitrogens with two attached hydrogens (primary N) is 2. The minimum atomic E-state index is -0.582. The Morgan fingerprint density at radius 1 is 1.47 bits per heavy atom. The summed E-state index contributed by atoms with van der Waals surface area (Å²) in [4.78, 5) is 15.8. The van der Waals surface area contributed by atoms with Crippen molar-refractivity contribution in [1.29, 1.82) is 0 Å². The molecule has 1 unspecified atom stereocenters. The van der Waals surface area contributed by atoms with E-state index >= 15 is 0 Å². The molecule has 5 nitrogen and oxygen atoms in total. The van der Waals surface area contributed by atoms with E-state index in [1.165, 1.54) is 23.5 Å². The van der Waals surface area contributed by atoms with Crippen LogP contribution in [0.3, 0.4) is 0 Å². The molecule has 0 aromatic rings. The van der Waals surface area contributed by atoms with Gasteiger partial charge in [-0.25, -0.2) is 9.79 Å². The van der Waals surface area contributed by atoms with Crippen molar-refractivity contribution in [3.8, 4) is 0 Å². The molecule has 17 heavy (non-hydrogen) atoms. The molecule has 0 saturated heterocycles. The van der Waals surface area contributed by atoms with Crippen LogP contribution in [0.5, 0.6) is 0 Å². The van der Waals surface area contributed by atoms with Crippen LogP contribution in [0.15, 0.2) is 15.8 Å². The van der Waals surface area contributed by atoms with Crippen molar-refractivity contribution >= 4 is 35.5 Å². The smallest absolute Gasteiger partial charge is 0.332 e. The largest absolute Gasteiger partial charge is 0.439 e. The van der Waals surface area contributed by atoms with E-state index < -0.39 is 6.04 Å². The molecule has 0 fully saturated rings. The number of aliphatic imine (C=N–C) groups is 1. The summed E-state index contributed by atoms with van der Waals surface area (Å²) in [5, 5.41) is 3.79. The summed E-state index contributed by atoms with van der Waals surface area (Å²) in [5.41, 5.74) is 10.6. The molecular formula is C10H17N3O2S2. The van der Waals surface area contributed by atoms with E-state index in [9.17, 15) is 4.79 Å². The molecule has 1 heterocycles. The first-order valence-electron chi connectivity index (χ1n) is 5.38. The monoisotopic (exact) mass is 275 g/mol. The number of hydrogen-bond donors (Lipinski definition) is 2. The van der Waals surface area contributed by atoms with Gasteiger partial charge in [-0.05, 0) is 17.2 Å². The Morgan fingerprint density at radius 2 is 2.12 bits per heavy atom. The average molecular weight is 275 g/mol. The van der Waals surface area contributed by atoms with Crippen molar-refractivity contribution in [3.05, 3.63) is 10.8 Å². The maximum absolute atomic E-state index is 11.8. The van der Waals surface area contributed by atoms with Gasteiger partial charge >= 0.3 is 5.97 Å². The number of unbranched alkanes of at least 4 members (excludes halogenated alkanes) is 1. The number of nitrogens with zero attached hydrogens (tertiary/aromatic N) is 1. The molecule has 0 amide bonds. The predicted octanol–water partition coefficient (Wildman–Crippen LogP) is 1.60. The van der Waals surface area contributed by atoms with Crippen LogP contribution >= 0.6 is 23.5 Å². The van der Waals surface area contributed by atoms with Crippen LogP contribution < -0.4 is 11.5 Å². The highest BCUT2D eigenvalue weighted by molar-refractivity contribution is 8.22. The van der Waals surface area contributed by atoms with Crippen molar-refractivity contribution < 1.29 is 9.53 Å². The van der Waals surface area contributed by atoms with Crippen molar-refractivity contribution in [2.75, 3.05) is 0 Å². The minimum absolute atomic E-state index is 0.0760. The zero-order valence-corrected chi connectivity index (χ0v) is 11.3. The Morgan fingerprint density at radius 3 is 2.65 bits per heavy atom. The maximum atomic E-state index is 11.8. The first-order valence-corrected chi connectivity index (χ1v) is 7.27. The average Bonchev–Trinajstić information content (AvgIpc) is 2.76. The lowest BCUT2D eigenvalue weighted by molar-refractivity contribution is -0.144. The molecule has 0 spiro atoms. The standard InChI is InChI=1S/C10H17N3O2S2/c1-2-3-4-7(13-9(11)12)8(14)15-10-16-5-6-17-10/h5-7,10H,2-4H2,1H3,(H4,11,12,13). The molecule has 4 N–H and O–H groups in total. The van der Waals surface area contributed by atoms with E-state index in [2.05, 4.69) is 4.99 Å². The minimum Gasteiger partial charge on any atom is -0.439 e. The van der Waals surface area contributed by atoms with E-state index in [0.29, 0.717) is 6.42 Å². The van der Waals surface area contributed by atoms with Gasteiger partial charge in [0.25, 0.3) is 0 Å². The molecule has 0 saturated carbocycles. The number of carbonyl (C=O) groups is 1. The molecule has 0 aliphatic carbocycles. The number of guanidine groups is 1. The van der Waals surface area contributed by atoms with Crippen LogP contribution in [0, 0.1) is 0 Å². The van der Waals surface area contributed by atoms with Gasteiger partial charge in [-0.2, -0.15) is 0 Å². The number of rotatable bonds is 6. The van der Waals surface area contributed by atoms with E-state index in [4.69, 9.17) is 16.2 Å². The zero-order chi connectivity index (χ0) is 12.7. The van der Waals surface area contributed by atoms with Crippen LogP contribution in [0.25, 0.3) is 0 Å². The van der Waals surface area contributed by atoms with Crippen molar-refractivity contribution in [2.24, 2.45) is 16.5 Å². The molecule has 0 aromatic heterocycles. The summed E-state index contributed by atoms with van der Waals surface area (Å²) in [6.07, 6.45) is 2.49. The topological polar surface area (TPSA) is 90.7 Å². The highest BCUT2D eigenvalue weighted by Crippen LogP contribution is 2.34. The summed E-state index contributed by atoms with van der Waals surface area (Å²) in [5.74, 6) is -0.437. The van der Waals surface area contributed by atoms with Crippen LogP contribution in [0.2, 0.25) is 0 Å². The fourth-order valence-corrected chi connectivity index (χ4v) is 2.98. The van der Waals surface area contributed by atoms with Gasteiger partial charge in [-0.1, -0.05) is 43.3 Å². The molecule has 7 heteroatoms. The molecular weight excluding hydrogens is 258 g/mol. The lowest BCUT2D eigenvalue weighted by atomic mass is 10.1. The Bertz CT molecular complexity index is 309. The molecule has 0 aromatic carbocycles. The molecule has 1 aliphatic heterocycles. The summed E-state index contributed by atoms with van der Waals surface area (Å²) < 4.78 is 5.07. The molecule has 1 aliphatic rings. The maximum Gasteiger partial charge on any atom is 0.332 e. The Balaban J connectivity index is 2.49. The van der Waals surface area contributed by atoms with Gasteiger partial charge in [-0.15, -0.1) is 0 Å². The molecule has 96 valence electrons. The third-order valence-corrected chi connectivity index (χ3v) is 4.12. The first-order chi connectivity index (χ1) is 8.13. The lowest BCUT2D eigenvalue weighted by Gasteiger charge is -2.15. The fourth-order valence-electron chi connectivity index (χ4n) is 1.27. The summed E-state index contributed by atoms with van der Waals surface area (Å²) in [6, 6.07) is -0.582. The van der Waals surface area contributed by atoms with E-state index in [-0.39, 0.29) is 16.7 Å². The van der Waals surface area contributed by atoms with Crippen LogP contribution in [0.4, 0.5) is 0 Å². The van der Waals surface area contributed by atoms with Crippen molar-refractivity contribution in [2.45, 2.75) is 37.0 Å². The SMILES string of the molecule is CCCCC(N=C(N)N)C(=O)OC1SC=CS1. The third kappa shape index (κ3) is 5.36. The van der Waals surface area contributed by atoms with Gasteiger partial charge in [-0.3, -0.25) is 0 Å². The third-order valence-electron chi connectivity index (χ3n) is 2.06. The van der Waals surface area contributed by atoms with Gasteiger partial charge in [0, 0.05) is 0 Å². The lowest BCUT2D eigenvalue weighted by Crippen LogP contribution is -2.30. The van der Waals surface area contributed by atoms with Crippen LogP contribution in [-0.4, -0.2) is 22.7 Å². The van der Waals surface area contributed by atoms with Crippen molar-refractivity contribution in [3.63, 3.8) is 0 Å². The first kappa shape index (κ1) is 14.2. The Kier molecular flexibility index (Phi) is 6.28. The second-order valence-electron chi connectivity index (χ2n) is 3.48. The molecule has 0 bridgehead atoms. The molecule has 1 rings (SSSR count). The van der Waals surface area contributed by atoms with Gasteiger partial charge in [0.1, 0.15) is 0 Å². The van der Waals surface area contributed by atoms with Gasteiger partial charge in [0.15, 0.2) is 12.0 Å². The second-order valence-corrected chi connectivity index (χ2v) is 5.73. The highest BCUT2D eigenvalue weighted by Gasteiger charge is 2.24. The van der Waals surface area contributed by atoms with Gasteiger partial charge in [0.2, 0.25) is 4.77 Å². The second kappa shape index (κ2) is 7.50. The zero-order valence-electron chi connectivity index (χ0n) is 9.67. The van der Waals surface area contributed by atoms with Crippen LogP contribution in [-0.2, 0) is 9.53 Å². The number of thioether (sulfide) groups is 2. The predicted molar refractivity (Wildman–Crippen MR) is 73.3 cm³/mol. The summed E-state index contributed by atoms with van der Waals surface area (Å²) >= 11 is 2.92. The summed E-state index contributed by atoms with van der Waals surface area (Å²) in [7, 11) is 0. The van der Waals surface area contributed by atoms with Gasteiger partial charge in [0.05, 0.1) is 0 Å². The normalized spacial score (nSPS) is 16.8. The van der Waals surface area contributed by atoms with E-state index in [0.717, 1.165) is 12.8 Å². The number of esters is 1. The quantitative estimate of drug-likeness (QED) is 0.434. The van der Waals surface area contributed by atoms with E-state index in [1.54, 1.807) is 0 Å². The number of carbonyl (C=O) groups excluding carboxylic acids is 1. The molecule has 1 atom stereocenters. The molecule has 0 radical (unpaired) electrons.